The van der Waals surface area contributed by atoms with Crippen LogP contribution in [0.5, 0.6) is 0 Å². The van der Waals surface area contributed by atoms with E-state index in [0.717, 1.165) is 24.2 Å². The first-order chi connectivity index (χ1) is 14.5. The van der Waals surface area contributed by atoms with Crippen molar-refractivity contribution in [3.8, 4) is 11.5 Å². The summed E-state index contributed by atoms with van der Waals surface area (Å²) in [6.45, 7) is 10.0. The van der Waals surface area contributed by atoms with Crippen molar-refractivity contribution >= 4 is 12.1 Å². The first-order valence-corrected chi connectivity index (χ1v) is 10.5. The van der Waals surface area contributed by atoms with E-state index < -0.39 is 6.09 Å². The smallest absolute Gasteiger partial charge is 0.407 e. The van der Waals surface area contributed by atoms with Gasteiger partial charge in [-0.15, -0.1) is 0 Å². The maximum Gasteiger partial charge on any atom is 0.407 e. The van der Waals surface area contributed by atoms with Gasteiger partial charge in [0.25, 0.3) is 0 Å². The number of hydrogen-bond acceptors (Lipinski definition) is 5. The molecule has 0 fully saturated rings. The molecule has 8 heteroatoms. The van der Waals surface area contributed by atoms with E-state index >= 15 is 0 Å². The van der Waals surface area contributed by atoms with E-state index in [1.807, 2.05) is 37.3 Å². The third kappa shape index (κ3) is 8.14. The molecule has 1 heterocycles. The third-order valence-electron chi connectivity index (χ3n) is 4.19. The van der Waals surface area contributed by atoms with E-state index in [2.05, 4.69) is 39.8 Å². The molecule has 0 aliphatic carbocycles. The number of guanidine groups is 1. The average Bonchev–Trinajstić information content (AvgIpc) is 3.19. The Morgan fingerprint density at radius 3 is 2.63 bits per heavy atom. The van der Waals surface area contributed by atoms with Crippen molar-refractivity contribution in [3.63, 3.8) is 0 Å². The zero-order valence-corrected chi connectivity index (χ0v) is 18.3. The lowest BCUT2D eigenvalue weighted by Crippen LogP contribution is -2.47. The molecule has 0 radical (unpaired) electrons. The van der Waals surface area contributed by atoms with Gasteiger partial charge in [0.15, 0.2) is 5.96 Å². The number of rotatable bonds is 10. The van der Waals surface area contributed by atoms with Crippen molar-refractivity contribution in [1.29, 1.82) is 0 Å². The largest absolute Gasteiger partial charge is 0.450 e. The highest BCUT2D eigenvalue weighted by Gasteiger charge is 2.15. The molecule has 3 N–H and O–H groups in total. The summed E-state index contributed by atoms with van der Waals surface area (Å²) in [4.78, 5) is 20.9. The molecule has 2 rings (SSSR count). The van der Waals surface area contributed by atoms with Gasteiger partial charge < -0.3 is 25.1 Å². The Labute approximate surface area is 178 Å². The molecule has 1 aromatic carbocycles. The molecular formula is C22H33N5O3. The van der Waals surface area contributed by atoms with Crippen LogP contribution in [0.25, 0.3) is 11.5 Å². The Morgan fingerprint density at radius 1 is 1.20 bits per heavy atom. The van der Waals surface area contributed by atoms with Crippen LogP contribution in [0, 0.1) is 5.92 Å². The Balaban J connectivity index is 1.97. The Hall–Kier alpha value is -3.03. The summed E-state index contributed by atoms with van der Waals surface area (Å²) in [6.07, 6.45) is 2.05. The zero-order chi connectivity index (χ0) is 21.8. The lowest BCUT2D eigenvalue weighted by atomic mass is 10.0. The fourth-order valence-electron chi connectivity index (χ4n) is 2.92. The van der Waals surface area contributed by atoms with Crippen LogP contribution in [-0.4, -0.2) is 42.8 Å². The van der Waals surface area contributed by atoms with E-state index in [9.17, 15) is 4.79 Å². The minimum atomic E-state index is -0.400. The fourth-order valence-corrected chi connectivity index (χ4v) is 2.92. The number of hydrogen-bond donors (Lipinski definition) is 3. The lowest BCUT2D eigenvalue weighted by molar-refractivity contribution is 0.146. The van der Waals surface area contributed by atoms with Crippen LogP contribution in [0.2, 0.25) is 0 Å². The minimum Gasteiger partial charge on any atom is -0.450 e. The molecule has 0 saturated heterocycles. The number of amides is 1. The van der Waals surface area contributed by atoms with Gasteiger partial charge in [-0.25, -0.2) is 14.8 Å². The Bertz CT molecular complexity index is 789. The number of aromatic nitrogens is 1. The van der Waals surface area contributed by atoms with Crippen molar-refractivity contribution in [2.75, 3.05) is 19.7 Å². The highest BCUT2D eigenvalue weighted by Crippen LogP contribution is 2.18. The standard InChI is InChI=1S/C22H33N5O3/c1-5-23-21(24-13-18(12-16(3)4)27-22(28)29-6-2)25-14-19-15-30-20(26-19)17-10-8-7-9-11-17/h7-11,15-16,18H,5-6,12-14H2,1-4H3,(H,27,28)(H2,23,24,25). The second-order valence-electron chi connectivity index (χ2n) is 7.28. The fraction of sp³-hybridized carbons (Fsp3) is 0.500. The number of carbonyl (C=O) groups is 1. The number of alkyl carbamates (subject to hydrolysis) is 1. The van der Waals surface area contributed by atoms with Crippen LogP contribution < -0.4 is 16.0 Å². The zero-order valence-electron chi connectivity index (χ0n) is 18.3. The van der Waals surface area contributed by atoms with E-state index in [0.29, 0.717) is 37.5 Å². The molecule has 164 valence electrons. The molecular weight excluding hydrogens is 382 g/mol. The molecule has 0 spiro atoms. The molecule has 1 amide bonds. The quantitative estimate of drug-likeness (QED) is 0.405. The second-order valence-corrected chi connectivity index (χ2v) is 7.28. The average molecular weight is 416 g/mol. The van der Waals surface area contributed by atoms with Crippen molar-refractivity contribution in [2.24, 2.45) is 10.9 Å². The third-order valence-corrected chi connectivity index (χ3v) is 4.19. The summed E-state index contributed by atoms with van der Waals surface area (Å²) in [5.41, 5.74) is 1.67. The number of ether oxygens (including phenoxy) is 1. The molecule has 2 aromatic rings. The first-order valence-electron chi connectivity index (χ1n) is 10.5. The van der Waals surface area contributed by atoms with Crippen molar-refractivity contribution in [2.45, 2.75) is 46.7 Å². The van der Waals surface area contributed by atoms with E-state index in [1.54, 1.807) is 13.2 Å². The van der Waals surface area contributed by atoms with Crippen molar-refractivity contribution in [1.82, 2.24) is 20.9 Å². The van der Waals surface area contributed by atoms with Crippen LogP contribution in [0.15, 0.2) is 46.0 Å². The van der Waals surface area contributed by atoms with Gasteiger partial charge in [-0.3, -0.25) is 0 Å². The Kier molecular flexibility index (Phi) is 9.70. The highest BCUT2D eigenvalue weighted by atomic mass is 16.5. The van der Waals surface area contributed by atoms with Gasteiger partial charge >= 0.3 is 6.09 Å². The van der Waals surface area contributed by atoms with Gasteiger partial charge in [-0.2, -0.15) is 0 Å². The van der Waals surface area contributed by atoms with Gasteiger partial charge in [0, 0.05) is 24.7 Å². The number of oxazole rings is 1. The predicted octanol–water partition coefficient (Wildman–Crippen LogP) is 3.56. The van der Waals surface area contributed by atoms with E-state index in [-0.39, 0.29) is 6.04 Å². The summed E-state index contributed by atoms with van der Waals surface area (Å²) >= 11 is 0. The summed E-state index contributed by atoms with van der Waals surface area (Å²) in [5, 5.41) is 9.42. The topological polar surface area (TPSA) is 101 Å². The molecule has 30 heavy (non-hydrogen) atoms. The van der Waals surface area contributed by atoms with Crippen LogP contribution in [0.3, 0.4) is 0 Å². The van der Waals surface area contributed by atoms with Crippen LogP contribution in [0.1, 0.15) is 39.8 Å². The van der Waals surface area contributed by atoms with Crippen LogP contribution in [0.4, 0.5) is 4.79 Å². The van der Waals surface area contributed by atoms with Gasteiger partial charge in [0.1, 0.15) is 12.0 Å². The first kappa shape index (κ1) is 23.3. The van der Waals surface area contributed by atoms with Gasteiger partial charge in [0.05, 0.1) is 13.2 Å². The molecule has 0 saturated carbocycles. The van der Waals surface area contributed by atoms with Crippen molar-refractivity contribution < 1.29 is 13.9 Å². The summed E-state index contributed by atoms with van der Waals surface area (Å²) in [7, 11) is 0. The number of carbonyl (C=O) groups excluding carboxylic acids is 1. The molecule has 1 aromatic heterocycles. The molecule has 0 aliphatic heterocycles. The molecule has 8 nitrogen and oxygen atoms in total. The maximum absolute atomic E-state index is 11.8. The molecule has 0 bridgehead atoms. The van der Waals surface area contributed by atoms with Crippen LogP contribution in [-0.2, 0) is 11.3 Å². The molecule has 1 unspecified atom stereocenters. The monoisotopic (exact) mass is 415 g/mol. The maximum atomic E-state index is 11.8. The van der Waals surface area contributed by atoms with E-state index in [1.165, 1.54) is 0 Å². The highest BCUT2D eigenvalue weighted by molar-refractivity contribution is 5.79. The molecule has 1 atom stereocenters. The van der Waals surface area contributed by atoms with Gasteiger partial charge in [-0.1, -0.05) is 32.0 Å². The predicted molar refractivity (Wildman–Crippen MR) is 118 cm³/mol. The Morgan fingerprint density at radius 2 is 1.97 bits per heavy atom. The van der Waals surface area contributed by atoms with Crippen molar-refractivity contribution in [3.05, 3.63) is 42.3 Å². The lowest BCUT2D eigenvalue weighted by Gasteiger charge is -2.22. The summed E-state index contributed by atoms with van der Waals surface area (Å²) in [5.74, 6) is 1.67. The number of nitrogens with zero attached hydrogens (tertiary/aromatic N) is 2. The minimum absolute atomic E-state index is 0.0651. The number of benzene rings is 1. The number of nitrogens with one attached hydrogen (secondary N) is 3. The molecule has 0 aliphatic rings. The summed E-state index contributed by atoms with van der Waals surface area (Å²) < 4.78 is 10.6. The van der Waals surface area contributed by atoms with E-state index in [4.69, 9.17) is 9.15 Å². The SMILES string of the molecule is CCNC(=NCc1coc(-c2ccccc2)n1)NCC(CC(C)C)NC(=O)OCC. The number of aliphatic imine (C=N–C) groups is 1. The summed E-state index contributed by atoms with van der Waals surface area (Å²) in [6, 6.07) is 9.69. The van der Waals surface area contributed by atoms with Gasteiger partial charge in [-0.05, 0) is 38.3 Å². The normalized spacial score (nSPS) is 12.5. The van der Waals surface area contributed by atoms with Gasteiger partial charge in [0.2, 0.25) is 5.89 Å². The second kappa shape index (κ2) is 12.5. The van der Waals surface area contributed by atoms with Crippen LogP contribution >= 0.6 is 0 Å².